The standard InChI is InChI=1S/C17H18O6/c1-2-20-15(19)13-10(9-18)8-12-14(13)17(21-16(12)22-23-17)11-6-4-3-5-7-11/h3-7,9-10,12-14,16H,2,8H2,1H3/t10-,12-,13+,14-,16-,17+/m1/s1. The van der Waals surface area contributed by atoms with Crippen molar-refractivity contribution >= 4 is 12.3 Å². The summed E-state index contributed by atoms with van der Waals surface area (Å²) in [4.78, 5) is 34.8. The topological polar surface area (TPSA) is 71.1 Å². The maximum absolute atomic E-state index is 12.5. The van der Waals surface area contributed by atoms with Crippen LogP contribution >= 0.6 is 0 Å². The number of hydrogen-bond acceptors (Lipinski definition) is 6. The monoisotopic (exact) mass is 318 g/mol. The predicted molar refractivity (Wildman–Crippen MR) is 76.4 cm³/mol. The van der Waals surface area contributed by atoms with Crippen molar-refractivity contribution in [1.82, 2.24) is 0 Å². The lowest BCUT2D eigenvalue weighted by molar-refractivity contribution is -0.382. The molecular weight excluding hydrogens is 300 g/mol. The van der Waals surface area contributed by atoms with Crippen LogP contribution in [0.1, 0.15) is 18.9 Å². The summed E-state index contributed by atoms with van der Waals surface area (Å²) in [6, 6.07) is 9.41. The molecule has 6 atom stereocenters. The Morgan fingerprint density at radius 2 is 2.17 bits per heavy atom. The van der Waals surface area contributed by atoms with Crippen LogP contribution in [0.4, 0.5) is 0 Å². The minimum Gasteiger partial charge on any atom is -0.466 e. The Labute approximate surface area is 133 Å². The first-order valence-electron chi connectivity index (χ1n) is 7.91. The smallest absolute Gasteiger partial charge is 0.310 e. The normalized spacial score (nSPS) is 40.8. The highest BCUT2D eigenvalue weighted by molar-refractivity contribution is 5.78. The first kappa shape index (κ1) is 14.8. The Kier molecular flexibility index (Phi) is 3.48. The lowest BCUT2D eigenvalue weighted by atomic mass is 9.79. The molecule has 0 unspecified atom stereocenters. The summed E-state index contributed by atoms with van der Waals surface area (Å²) >= 11 is 0. The summed E-state index contributed by atoms with van der Waals surface area (Å²) in [5.74, 6) is -2.85. The van der Waals surface area contributed by atoms with E-state index in [0.29, 0.717) is 6.42 Å². The summed E-state index contributed by atoms with van der Waals surface area (Å²) in [5.41, 5.74) is 0.788. The molecule has 2 aliphatic heterocycles. The lowest BCUT2D eigenvalue weighted by Gasteiger charge is -2.34. The highest BCUT2D eigenvalue weighted by atomic mass is 17.3. The highest BCUT2D eigenvalue weighted by Gasteiger charge is 2.71. The highest BCUT2D eigenvalue weighted by Crippen LogP contribution is 2.63. The van der Waals surface area contributed by atoms with Gasteiger partial charge in [-0.3, -0.25) is 4.79 Å². The zero-order chi connectivity index (χ0) is 16.0. The van der Waals surface area contributed by atoms with Gasteiger partial charge in [0.05, 0.1) is 12.5 Å². The largest absolute Gasteiger partial charge is 0.466 e. The number of aldehydes is 1. The molecule has 0 aromatic heterocycles. The van der Waals surface area contributed by atoms with Gasteiger partial charge in [0.1, 0.15) is 6.29 Å². The van der Waals surface area contributed by atoms with Crippen LogP contribution in [0.25, 0.3) is 0 Å². The summed E-state index contributed by atoms with van der Waals surface area (Å²) in [6.45, 7) is 2.03. The van der Waals surface area contributed by atoms with Gasteiger partial charge in [0.25, 0.3) is 0 Å². The third kappa shape index (κ3) is 1.99. The van der Waals surface area contributed by atoms with E-state index < -0.39 is 23.9 Å². The SMILES string of the molecule is CCOC(=O)[C@@H]1[C@H]2[C@@H](C[C@@H]1C=O)[C@H]1OO[C@]2(c2ccccc2)O1. The van der Waals surface area contributed by atoms with E-state index in [2.05, 4.69) is 0 Å². The van der Waals surface area contributed by atoms with Gasteiger partial charge in [-0.15, -0.1) is 0 Å². The van der Waals surface area contributed by atoms with Crippen LogP contribution < -0.4 is 0 Å². The second kappa shape index (κ2) is 5.40. The van der Waals surface area contributed by atoms with Crippen molar-refractivity contribution in [1.29, 1.82) is 0 Å². The van der Waals surface area contributed by atoms with Crippen LogP contribution in [0, 0.1) is 23.7 Å². The molecule has 2 heterocycles. The Morgan fingerprint density at radius 3 is 2.87 bits per heavy atom. The van der Waals surface area contributed by atoms with Crippen LogP contribution in [0.15, 0.2) is 30.3 Å². The Hall–Kier alpha value is -1.76. The minimum atomic E-state index is -1.15. The van der Waals surface area contributed by atoms with Gasteiger partial charge in [-0.2, -0.15) is 4.89 Å². The molecule has 2 saturated heterocycles. The molecule has 6 nitrogen and oxygen atoms in total. The molecule has 3 fully saturated rings. The van der Waals surface area contributed by atoms with Gasteiger partial charge in [-0.05, 0) is 13.3 Å². The zero-order valence-electron chi connectivity index (χ0n) is 12.7. The molecule has 122 valence electrons. The van der Waals surface area contributed by atoms with Crippen molar-refractivity contribution in [3.63, 3.8) is 0 Å². The average molecular weight is 318 g/mol. The van der Waals surface area contributed by atoms with Gasteiger partial charge in [-0.25, -0.2) is 4.89 Å². The van der Waals surface area contributed by atoms with E-state index in [9.17, 15) is 9.59 Å². The van der Waals surface area contributed by atoms with E-state index in [-0.39, 0.29) is 24.4 Å². The van der Waals surface area contributed by atoms with Crippen LogP contribution in [-0.2, 0) is 34.6 Å². The van der Waals surface area contributed by atoms with E-state index in [0.717, 1.165) is 11.8 Å². The molecule has 1 aromatic carbocycles. The molecule has 3 aliphatic rings. The van der Waals surface area contributed by atoms with E-state index in [1.54, 1.807) is 6.92 Å². The molecule has 1 aliphatic carbocycles. The van der Waals surface area contributed by atoms with Gasteiger partial charge >= 0.3 is 5.97 Å². The summed E-state index contributed by atoms with van der Waals surface area (Å²) in [5, 5.41) is 0. The molecular formula is C17H18O6. The molecule has 0 N–H and O–H groups in total. The summed E-state index contributed by atoms with van der Waals surface area (Å²) in [7, 11) is 0. The molecule has 4 rings (SSSR count). The molecule has 23 heavy (non-hydrogen) atoms. The minimum absolute atomic E-state index is 0.0615. The number of carbonyl (C=O) groups excluding carboxylic acids is 2. The van der Waals surface area contributed by atoms with E-state index in [1.807, 2.05) is 30.3 Å². The van der Waals surface area contributed by atoms with Crippen LogP contribution in [0.3, 0.4) is 0 Å². The fourth-order valence-electron chi connectivity index (χ4n) is 4.24. The summed E-state index contributed by atoms with van der Waals surface area (Å²) in [6.07, 6.45) is 0.834. The van der Waals surface area contributed by atoms with Crippen molar-refractivity contribution < 1.29 is 28.8 Å². The molecule has 1 aromatic rings. The summed E-state index contributed by atoms with van der Waals surface area (Å²) < 4.78 is 11.2. The maximum Gasteiger partial charge on any atom is 0.310 e. The van der Waals surface area contributed by atoms with E-state index in [4.69, 9.17) is 19.2 Å². The number of rotatable bonds is 4. The van der Waals surface area contributed by atoms with Gasteiger partial charge in [0, 0.05) is 23.3 Å². The van der Waals surface area contributed by atoms with Crippen molar-refractivity contribution in [2.45, 2.75) is 25.4 Å². The van der Waals surface area contributed by atoms with Crippen molar-refractivity contribution in [3.05, 3.63) is 35.9 Å². The van der Waals surface area contributed by atoms with Crippen LogP contribution in [-0.4, -0.2) is 25.2 Å². The Morgan fingerprint density at radius 1 is 1.39 bits per heavy atom. The number of fused-ring (bicyclic) bond motifs is 5. The second-order valence-electron chi connectivity index (χ2n) is 6.20. The number of benzene rings is 1. The molecule has 0 radical (unpaired) electrons. The van der Waals surface area contributed by atoms with E-state index in [1.165, 1.54) is 0 Å². The molecule has 0 spiro atoms. The third-order valence-corrected chi connectivity index (χ3v) is 5.11. The first-order chi connectivity index (χ1) is 11.2. The molecule has 0 amide bonds. The van der Waals surface area contributed by atoms with Gasteiger partial charge in [0.15, 0.2) is 6.29 Å². The lowest BCUT2D eigenvalue weighted by Crippen LogP contribution is -2.43. The number of hydrogen-bond donors (Lipinski definition) is 0. The molecule has 1 saturated carbocycles. The fourth-order valence-corrected chi connectivity index (χ4v) is 4.24. The third-order valence-electron chi connectivity index (χ3n) is 5.11. The number of carbonyl (C=O) groups is 2. The average Bonchev–Trinajstić information content (AvgIpc) is 3.25. The maximum atomic E-state index is 12.5. The quantitative estimate of drug-likeness (QED) is 0.479. The van der Waals surface area contributed by atoms with Crippen molar-refractivity contribution in [3.8, 4) is 0 Å². The number of ether oxygens (including phenoxy) is 2. The van der Waals surface area contributed by atoms with Crippen molar-refractivity contribution in [2.75, 3.05) is 6.61 Å². The molecule has 6 heteroatoms. The second-order valence-corrected chi connectivity index (χ2v) is 6.20. The fraction of sp³-hybridized carbons (Fsp3) is 0.529. The Balaban J connectivity index is 1.77. The molecule has 2 bridgehead atoms. The van der Waals surface area contributed by atoms with Crippen LogP contribution in [0.5, 0.6) is 0 Å². The van der Waals surface area contributed by atoms with Crippen LogP contribution in [0.2, 0.25) is 0 Å². The van der Waals surface area contributed by atoms with Gasteiger partial charge < -0.3 is 14.3 Å². The first-order valence-corrected chi connectivity index (χ1v) is 7.91. The van der Waals surface area contributed by atoms with E-state index >= 15 is 0 Å². The van der Waals surface area contributed by atoms with Gasteiger partial charge in [-0.1, -0.05) is 30.3 Å². The predicted octanol–water partition coefficient (Wildman–Crippen LogP) is 1.79. The number of esters is 1. The van der Waals surface area contributed by atoms with Crippen molar-refractivity contribution in [2.24, 2.45) is 23.7 Å². The zero-order valence-corrected chi connectivity index (χ0v) is 12.7. The van der Waals surface area contributed by atoms with Gasteiger partial charge in [0.2, 0.25) is 5.79 Å². The Bertz CT molecular complexity index is 617.